The fourth-order valence-electron chi connectivity index (χ4n) is 1.72. The van der Waals surface area contributed by atoms with Crippen LogP contribution in [0.5, 0.6) is 5.75 Å². The lowest BCUT2D eigenvalue weighted by atomic mass is 10.1. The highest BCUT2D eigenvalue weighted by atomic mass is 35.5. The summed E-state index contributed by atoms with van der Waals surface area (Å²) in [5.41, 5.74) is 0.941. The molecular weight excluding hydrogens is 256 g/mol. The third kappa shape index (κ3) is 2.31. The predicted molar refractivity (Wildman–Crippen MR) is 69.4 cm³/mol. The highest BCUT2D eigenvalue weighted by Crippen LogP contribution is 2.31. The summed E-state index contributed by atoms with van der Waals surface area (Å²) in [5.74, 6) is 0.546. The molecule has 18 heavy (non-hydrogen) atoms. The van der Waals surface area contributed by atoms with Crippen molar-refractivity contribution in [2.75, 3.05) is 7.11 Å². The van der Waals surface area contributed by atoms with E-state index in [9.17, 15) is 9.59 Å². The third-order valence-electron chi connectivity index (χ3n) is 2.55. The first-order valence-corrected chi connectivity index (χ1v) is 5.57. The second-order valence-corrected chi connectivity index (χ2v) is 4.21. The van der Waals surface area contributed by atoms with Crippen LogP contribution in [0.1, 0.15) is 5.56 Å². The minimum atomic E-state index is -0.552. The average Bonchev–Trinajstić information content (AvgIpc) is 2.30. The number of methoxy groups -OCH3 is 1. The number of rotatable bonds is 2. The van der Waals surface area contributed by atoms with Crippen molar-refractivity contribution in [3.63, 3.8) is 0 Å². The van der Waals surface area contributed by atoms with E-state index in [1.807, 2.05) is 6.92 Å². The van der Waals surface area contributed by atoms with Gasteiger partial charge < -0.3 is 9.72 Å². The van der Waals surface area contributed by atoms with Gasteiger partial charge in [-0.05, 0) is 24.6 Å². The van der Waals surface area contributed by atoms with E-state index in [4.69, 9.17) is 16.3 Å². The summed E-state index contributed by atoms with van der Waals surface area (Å²) in [4.78, 5) is 27.2. The quantitative estimate of drug-likeness (QED) is 0.869. The third-order valence-corrected chi connectivity index (χ3v) is 2.84. The zero-order chi connectivity index (χ0) is 13.3. The number of benzene rings is 1. The number of halogens is 1. The molecule has 0 saturated heterocycles. The Morgan fingerprint density at radius 3 is 2.50 bits per heavy atom. The first kappa shape index (κ1) is 12.4. The second-order valence-electron chi connectivity index (χ2n) is 3.80. The van der Waals surface area contributed by atoms with Crippen molar-refractivity contribution in [3.05, 3.63) is 49.6 Å². The van der Waals surface area contributed by atoms with Crippen LogP contribution in [-0.4, -0.2) is 17.1 Å². The highest BCUT2D eigenvalue weighted by Gasteiger charge is 2.09. The van der Waals surface area contributed by atoms with Crippen molar-refractivity contribution in [1.82, 2.24) is 9.97 Å². The summed E-state index contributed by atoms with van der Waals surface area (Å²) in [6.07, 6.45) is 0. The first-order valence-electron chi connectivity index (χ1n) is 5.19. The summed E-state index contributed by atoms with van der Waals surface area (Å²) in [6.45, 7) is 1.84. The lowest BCUT2D eigenvalue weighted by Gasteiger charge is -2.09. The number of hydrogen-bond acceptors (Lipinski definition) is 3. The molecule has 1 aromatic carbocycles. The van der Waals surface area contributed by atoms with Crippen molar-refractivity contribution in [3.8, 4) is 17.0 Å². The maximum Gasteiger partial charge on any atom is 0.326 e. The van der Waals surface area contributed by atoms with Gasteiger partial charge in [0.05, 0.1) is 17.8 Å². The molecule has 0 aliphatic heterocycles. The van der Waals surface area contributed by atoms with Gasteiger partial charge in [0, 0.05) is 11.6 Å². The molecule has 0 fully saturated rings. The Morgan fingerprint density at radius 1 is 1.17 bits per heavy atom. The molecular formula is C12H11ClN2O3. The number of hydrogen-bond donors (Lipinski definition) is 2. The van der Waals surface area contributed by atoms with E-state index in [1.54, 1.807) is 12.1 Å². The standard InChI is InChI=1S/C12H11ClN2O3/c1-6-3-10(18-2)8(13)4-7(6)9-5-11(16)15-12(17)14-9/h3-5H,1-2H3,(H2,14,15,16,17). The Balaban J connectivity index is 2.67. The fourth-order valence-corrected chi connectivity index (χ4v) is 1.96. The lowest BCUT2D eigenvalue weighted by molar-refractivity contribution is 0.415. The van der Waals surface area contributed by atoms with Crippen LogP contribution in [0, 0.1) is 6.92 Å². The molecule has 0 radical (unpaired) electrons. The predicted octanol–water partition coefficient (Wildman–Crippen LogP) is 1.70. The fraction of sp³-hybridized carbons (Fsp3) is 0.167. The number of aromatic nitrogens is 2. The van der Waals surface area contributed by atoms with Crippen molar-refractivity contribution in [2.45, 2.75) is 6.92 Å². The zero-order valence-corrected chi connectivity index (χ0v) is 10.6. The Hall–Kier alpha value is -2.01. The number of ether oxygens (including phenoxy) is 1. The van der Waals surface area contributed by atoms with Crippen molar-refractivity contribution in [2.24, 2.45) is 0 Å². The highest BCUT2D eigenvalue weighted by molar-refractivity contribution is 6.32. The molecule has 2 aromatic rings. The molecule has 94 valence electrons. The Bertz CT molecular complexity index is 675. The number of aromatic amines is 2. The Morgan fingerprint density at radius 2 is 1.89 bits per heavy atom. The van der Waals surface area contributed by atoms with Gasteiger partial charge in [0.25, 0.3) is 5.56 Å². The summed E-state index contributed by atoms with van der Waals surface area (Å²) in [5, 5.41) is 0.416. The zero-order valence-electron chi connectivity index (χ0n) is 9.83. The summed E-state index contributed by atoms with van der Waals surface area (Å²) in [6, 6.07) is 4.71. The molecule has 5 nitrogen and oxygen atoms in total. The Kier molecular flexibility index (Phi) is 3.25. The molecule has 0 spiro atoms. The molecule has 0 aliphatic rings. The molecule has 1 aromatic heterocycles. The molecule has 2 rings (SSSR count). The normalized spacial score (nSPS) is 10.4. The van der Waals surface area contributed by atoms with E-state index in [2.05, 4.69) is 9.97 Å². The van der Waals surface area contributed by atoms with Crippen LogP contribution >= 0.6 is 11.6 Å². The van der Waals surface area contributed by atoms with Crippen LogP contribution in [0.3, 0.4) is 0 Å². The van der Waals surface area contributed by atoms with Crippen LogP contribution in [0.2, 0.25) is 5.02 Å². The summed E-state index contributed by atoms with van der Waals surface area (Å²) < 4.78 is 5.09. The van der Waals surface area contributed by atoms with Gasteiger partial charge >= 0.3 is 5.69 Å². The van der Waals surface area contributed by atoms with Gasteiger partial charge in [-0.3, -0.25) is 9.78 Å². The van der Waals surface area contributed by atoms with Crippen LogP contribution in [0.15, 0.2) is 27.8 Å². The largest absolute Gasteiger partial charge is 0.495 e. The van der Waals surface area contributed by atoms with E-state index in [1.165, 1.54) is 13.2 Å². The number of nitrogens with one attached hydrogen (secondary N) is 2. The van der Waals surface area contributed by atoms with Crippen molar-refractivity contribution < 1.29 is 4.74 Å². The maximum absolute atomic E-state index is 11.3. The van der Waals surface area contributed by atoms with Gasteiger partial charge in [0.15, 0.2) is 0 Å². The van der Waals surface area contributed by atoms with E-state index in [0.717, 1.165) is 5.56 Å². The van der Waals surface area contributed by atoms with Crippen LogP contribution in [0.4, 0.5) is 0 Å². The second kappa shape index (κ2) is 4.70. The van der Waals surface area contributed by atoms with Crippen LogP contribution in [0.25, 0.3) is 11.3 Å². The minimum Gasteiger partial charge on any atom is -0.495 e. The van der Waals surface area contributed by atoms with Gasteiger partial charge in [0.2, 0.25) is 0 Å². The van der Waals surface area contributed by atoms with Crippen LogP contribution in [-0.2, 0) is 0 Å². The number of aryl methyl sites for hydroxylation is 1. The first-order chi connectivity index (χ1) is 8.51. The van der Waals surface area contributed by atoms with Gasteiger partial charge in [-0.2, -0.15) is 0 Å². The average molecular weight is 267 g/mol. The van der Waals surface area contributed by atoms with E-state index >= 15 is 0 Å². The van der Waals surface area contributed by atoms with E-state index in [-0.39, 0.29) is 0 Å². The molecule has 2 N–H and O–H groups in total. The monoisotopic (exact) mass is 266 g/mol. The lowest BCUT2D eigenvalue weighted by Crippen LogP contribution is -2.21. The SMILES string of the molecule is COc1cc(C)c(-c2cc(=O)[nH]c(=O)[nH]2)cc1Cl. The molecule has 1 heterocycles. The van der Waals surface area contributed by atoms with Gasteiger partial charge in [-0.25, -0.2) is 4.79 Å². The smallest absolute Gasteiger partial charge is 0.326 e. The Labute approximate surface area is 107 Å². The minimum absolute atomic E-state index is 0.416. The van der Waals surface area contributed by atoms with Gasteiger partial charge in [0.1, 0.15) is 5.75 Å². The summed E-state index contributed by atoms with van der Waals surface area (Å²) >= 11 is 6.03. The van der Waals surface area contributed by atoms with Crippen LogP contribution < -0.4 is 16.0 Å². The molecule has 0 amide bonds. The molecule has 0 atom stereocenters. The summed E-state index contributed by atoms with van der Waals surface area (Å²) in [7, 11) is 1.52. The van der Waals surface area contributed by atoms with Gasteiger partial charge in [-0.15, -0.1) is 0 Å². The van der Waals surface area contributed by atoms with Crippen molar-refractivity contribution in [1.29, 1.82) is 0 Å². The van der Waals surface area contributed by atoms with Gasteiger partial charge in [-0.1, -0.05) is 11.6 Å². The molecule has 0 aliphatic carbocycles. The number of H-pyrrole nitrogens is 2. The molecule has 0 bridgehead atoms. The molecule has 0 unspecified atom stereocenters. The van der Waals surface area contributed by atoms with E-state index in [0.29, 0.717) is 22.0 Å². The van der Waals surface area contributed by atoms with Crippen molar-refractivity contribution >= 4 is 11.6 Å². The topological polar surface area (TPSA) is 75.0 Å². The van der Waals surface area contributed by atoms with E-state index < -0.39 is 11.2 Å². The maximum atomic E-state index is 11.3. The molecule has 6 heteroatoms. The molecule has 0 saturated carbocycles.